The van der Waals surface area contributed by atoms with Crippen LogP contribution in [0.3, 0.4) is 0 Å². The normalized spacial score (nSPS) is 11.8. The number of nitrogens with zero attached hydrogens (tertiary/aromatic N) is 1. The molecule has 0 aliphatic carbocycles. The van der Waals surface area contributed by atoms with Crippen molar-refractivity contribution in [3.8, 4) is 6.07 Å². The number of hydrogen-bond acceptors (Lipinski definition) is 3. The molecule has 0 saturated carbocycles. The quantitative estimate of drug-likeness (QED) is 0.864. The van der Waals surface area contributed by atoms with Crippen LogP contribution >= 0.6 is 22.9 Å². The van der Waals surface area contributed by atoms with Gasteiger partial charge in [-0.05, 0) is 19.1 Å². The molecule has 1 atom stereocenters. The highest BCUT2D eigenvalue weighted by Crippen LogP contribution is 2.21. The molecule has 14 heavy (non-hydrogen) atoms. The van der Waals surface area contributed by atoms with Gasteiger partial charge in [0.15, 0.2) is 0 Å². The molecule has 74 valence electrons. The summed E-state index contributed by atoms with van der Waals surface area (Å²) in [6, 6.07) is 5.21. The van der Waals surface area contributed by atoms with Crippen molar-refractivity contribution in [1.82, 2.24) is 5.32 Å². The molecule has 1 aromatic heterocycles. The second kappa shape index (κ2) is 4.99. The van der Waals surface area contributed by atoms with Crippen molar-refractivity contribution < 1.29 is 4.79 Å². The van der Waals surface area contributed by atoms with Crippen LogP contribution in [0.15, 0.2) is 12.1 Å². The summed E-state index contributed by atoms with van der Waals surface area (Å²) in [5.41, 5.74) is 0. The lowest BCUT2D eigenvalue weighted by Crippen LogP contribution is -2.31. The first-order chi connectivity index (χ1) is 6.63. The molecule has 0 aliphatic rings. The molecule has 0 radical (unpaired) electrons. The van der Waals surface area contributed by atoms with E-state index in [1.807, 2.05) is 6.07 Å². The van der Waals surface area contributed by atoms with E-state index in [4.69, 9.17) is 16.9 Å². The lowest BCUT2D eigenvalue weighted by molar-refractivity contribution is 0.0945. The molecular weight excluding hydrogens is 220 g/mol. The number of nitrogens with one attached hydrogen (secondary N) is 1. The molecule has 0 aromatic carbocycles. The largest absolute Gasteiger partial charge is 0.348 e. The summed E-state index contributed by atoms with van der Waals surface area (Å²) in [4.78, 5) is 12.0. The molecule has 5 heteroatoms. The molecule has 0 saturated heterocycles. The van der Waals surface area contributed by atoms with Crippen LogP contribution in [0, 0.1) is 11.3 Å². The van der Waals surface area contributed by atoms with Gasteiger partial charge in [-0.25, -0.2) is 0 Å². The Balaban J connectivity index is 2.55. The van der Waals surface area contributed by atoms with Crippen LogP contribution in [0.2, 0.25) is 4.34 Å². The summed E-state index contributed by atoms with van der Waals surface area (Å²) in [5, 5.41) is 11.1. The van der Waals surface area contributed by atoms with E-state index < -0.39 is 0 Å². The summed E-state index contributed by atoms with van der Waals surface area (Å²) in [5.74, 6) is -0.176. The fraction of sp³-hybridized carbons (Fsp3) is 0.333. The van der Waals surface area contributed by atoms with Crippen LogP contribution in [0.25, 0.3) is 0 Å². The minimum atomic E-state index is -0.176. The monoisotopic (exact) mass is 228 g/mol. The highest BCUT2D eigenvalue weighted by molar-refractivity contribution is 7.17. The average molecular weight is 229 g/mol. The van der Waals surface area contributed by atoms with Crippen molar-refractivity contribution in [2.45, 2.75) is 19.4 Å². The topological polar surface area (TPSA) is 52.9 Å². The third-order valence-corrected chi connectivity index (χ3v) is 2.80. The molecule has 1 heterocycles. The molecule has 0 aliphatic heterocycles. The van der Waals surface area contributed by atoms with Gasteiger partial charge in [-0.15, -0.1) is 11.3 Å². The van der Waals surface area contributed by atoms with Gasteiger partial charge in [-0.2, -0.15) is 5.26 Å². The first-order valence-electron chi connectivity index (χ1n) is 4.06. The molecule has 0 spiro atoms. The lowest BCUT2D eigenvalue weighted by atomic mass is 10.2. The van der Waals surface area contributed by atoms with Crippen LogP contribution in [-0.2, 0) is 0 Å². The van der Waals surface area contributed by atoms with Crippen molar-refractivity contribution in [2.75, 3.05) is 0 Å². The number of thiophene rings is 1. The Kier molecular flexibility index (Phi) is 3.93. The minimum absolute atomic E-state index is 0.131. The molecule has 1 rings (SSSR count). The van der Waals surface area contributed by atoms with E-state index in [2.05, 4.69) is 5.32 Å². The summed E-state index contributed by atoms with van der Waals surface area (Å²) >= 11 is 6.91. The van der Waals surface area contributed by atoms with Gasteiger partial charge in [0.05, 0.1) is 21.7 Å². The summed E-state index contributed by atoms with van der Waals surface area (Å²) in [6.45, 7) is 1.79. The maximum atomic E-state index is 11.5. The Labute approximate surface area is 91.3 Å². The third-order valence-electron chi connectivity index (χ3n) is 1.57. The fourth-order valence-electron chi connectivity index (χ4n) is 0.919. The van der Waals surface area contributed by atoms with Gasteiger partial charge < -0.3 is 5.32 Å². The van der Waals surface area contributed by atoms with Crippen LogP contribution in [0.1, 0.15) is 23.0 Å². The number of hydrogen-bond donors (Lipinski definition) is 1. The van der Waals surface area contributed by atoms with Gasteiger partial charge >= 0.3 is 0 Å². The standard InChI is InChI=1S/C9H9ClN2OS/c1-6(4-5-11)12-9(13)7-2-3-8(10)14-7/h2-3,6H,4H2,1H3,(H,12,13). The Morgan fingerprint density at radius 3 is 3.00 bits per heavy atom. The zero-order valence-corrected chi connectivity index (χ0v) is 9.15. The predicted molar refractivity (Wildman–Crippen MR) is 56.5 cm³/mol. The average Bonchev–Trinajstić information content (AvgIpc) is 2.52. The number of nitriles is 1. The van der Waals surface area contributed by atoms with Gasteiger partial charge in [-0.1, -0.05) is 11.6 Å². The highest BCUT2D eigenvalue weighted by Gasteiger charge is 2.11. The van der Waals surface area contributed by atoms with Gasteiger partial charge in [0, 0.05) is 6.04 Å². The van der Waals surface area contributed by atoms with Gasteiger partial charge in [0.1, 0.15) is 0 Å². The van der Waals surface area contributed by atoms with Crippen molar-refractivity contribution in [1.29, 1.82) is 5.26 Å². The number of rotatable bonds is 3. The number of amides is 1. The Bertz CT molecular complexity index is 369. The van der Waals surface area contributed by atoms with Crippen molar-refractivity contribution >= 4 is 28.8 Å². The SMILES string of the molecule is CC(CC#N)NC(=O)c1ccc(Cl)s1. The predicted octanol–water partition coefficient (Wildman–Crippen LogP) is 2.43. The molecule has 0 bridgehead atoms. The summed E-state index contributed by atoms with van der Waals surface area (Å²) in [6.07, 6.45) is 0.310. The second-order valence-electron chi connectivity index (χ2n) is 2.84. The molecule has 1 N–H and O–H groups in total. The first kappa shape index (κ1) is 11.0. The summed E-state index contributed by atoms with van der Waals surface area (Å²) < 4.78 is 0.586. The van der Waals surface area contributed by atoms with Crippen LogP contribution in [0.5, 0.6) is 0 Å². The van der Waals surface area contributed by atoms with E-state index in [0.717, 1.165) is 0 Å². The van der Waals surface area contributed by atoms with Crippen molar-refractivity contribution in [2.24, 2.45) is 0 Å². The maximum Gasteiger partial charge on any atom is 0.261 e. The van der Waals surface area contributed by atoms with Gasteiger partial charge in [0.25, 0.3) is 5.91 Å². The number of carbonyl (C=O) groups is 1. The maximum absolute atomic E-state index is 11.5. The molecular formula is C9H9ClN2OS. The smallest absolute Gasteiger partial charge is 0.261 e. The van der Waals surface area contributed by atoms with Gasteiger partial charge in [0.2, 0.25) is 0 Å². The van der Waals surface area contributed by atoms with E-state index in [9.17, 15) is 4.79 Å². The fourth-order valence-corrected chi connectivity index (χ4v) is 1.87. The van der Waals surface area contributed by atoms with Gasteiger partial charge in [-0.3, -0.25) is 4.79 Å². The minimum Gasteiger partial charge on any atom is -0.348 e. The van der Waals surface area contributed by atoms with Crippen LogP contribution < -0.4 is 5.32 Å². The van der Waals surface area contributed by atoms with E-state index in [1.54, 1.807) is 19.1 Å². The molecule has 1 unspecified atom stereocenters. The Morgan fingerprint density at radius 1 is 1.79 bits per heavy atom. The van der Waals surface area contributed by atoms with E-state index in [-0.39, 0.29) is 11.9 Å². The zero-order valence-electron chi connectivity index (χ0n) is 7.58. The second-order valence-corrected chi connectivity index (χ2v) is 4.56. The van der Waals surface area contributed by atoms with Crippen molar-refractivity contribution in [3.63, 3.8) is 0 Å². The lowest BCUT2D eigenvalue weighted by Gasteiger charge is -2.08. The van der Waals surface area contributed by atoms with E-state index in [0.29, 0.717) is 15.6 Å². The number of halogens is 1. The first-order valence-corrected chi connectivity index (χ1v) is 5.26. The Hall–Kier alpha value is -1.05. The van der Waals surface area contributed by atoms with Crippen molar-refractivity contribution in [3.05, 3.63) is 21.3 Å². The molecule has 1 amide bonds. The van der Waals surface area contributed by atoms with E-state index >= 15 is 0 Å². The zero-order chi connectivity index (χ0) is 10.6. The summed E-state index contributed by atoms with van der Waals surface area (Å²) in [7, 11) is 0. The third kappa shape index (κ3) is 3.02. The number of carbonyl (C=O) groups excluding carboxylic acids is 1. The highest BCUT2D eigenvalue weighted by atomic mass is 35.5. The molecule has 0 fully saturated rings. The molecule has 3 nitrogen and oxygen atoms in total. The van der Waals surface area contributed by atoms with Crippen LogP contribution in [-0.4, -0.2) is 11.9 Å². The van der Waals surface area contributed by atoms with Crippen LogP contribution in [0.4, 0.5) is 0 Å². The molecule has 1 aromatic rings. The Morgan fingerprint density at radius 2 is 2.50 bits per heavy atom. The van der Waals surface area contributed by atoms with E-state index in [1.165, 1.54) is 11.3 Å².